The first-order valence-electron chi connectivity index (χ1n) is 8.91. The van der Waals surface area contributed by atoms with E-state index < -0.39 is 10.0 Å². The molecule has 6 nitrogen and oxygen atoms in total. The maximum atomic E-state index is 12.7. The van der Waals surface area contributed by atoms with Gasteiger partial charge in [-0.2, -0.15) is 4.31 Å². The van der Waals surface area contributed by atoms with Crippen LogP contribution in [0.25, 0.3) is 0 Å². The summed E-state index contributed by atoms with van der Waals surface area (Å²) in [6, 6.07) is 6.27. The van der Waals surface area contributed by atoms with E-state index in [1.807, 2.05) is 25.7 Å². The summed E-state index contributed by atoms with van der Waals surface area (Å²) in [5.74, 6) is -0.0485. The second-order valence-corrected chi connectivity index (χ2v) is 8.30. The normalized spacial score (nSPS) is 18.9. The zero-order chi connectivity index (χ0) is 18.4. The molecule has 1 aromatic carbocycles. The zero-order valence-corrected chi connectivity index (χ0v) is 16.1. The van der Waals surface area contributed by atoms with Crippen molar-refractivity contribution in [3.8, 4) is 0 Å². The molecule has 1 aliphatic rings. The molecule has 7 heteroatoms. The molecule has 1 aliphatic heterocycles. The molecule has 1 atom stereocenters. The van der Waals surface area contributed by atoms with Gasteiger partial charge in [0.1, 0.15) is 0 Å². The van der Waals surface area contributed by atoms with Gasteiger partial charge in [-0.15, -0.1) is 0 Å². The topological polar surface area (TPSA) is 66.9 Å². The molecule has 25 heavy (non-hydrogen) atoms. The van der Waals surface area contributed by atoms with Crippen LogP contribution in [0.1, 0.15) is 44.0 Å². The summed E-state index contributed by atoms with van der Waals surface area (Å²) in [6.45, 7) is 8.46. The summed E-state index contributed by atoms with van der Waals surface area (Å²) in [6.07, 6.45) is 1.68. The van der Waals surface area contributed by atoms with E-state index in [0.29, 0.717) is 38.3 Å². The minimum absolute atomic E-state index is 0.0485. The lowest BCUT2D eigenvalue weighted by atomic mass is 10.2. The van der Waals surface area contributed by atoms with Crippen LogP contribution in [0.2, 0.25) is 0 Å². The maximum absolute atomic E-state index is 12.7. The number of benzene rings is 1. The molecular formula is C18H28N2O4S. The summed E-state index contributed by atoms with van der Waals surface area (Å²) in [7, 11) is -3.55. The second-order valence-electron chi connectivity index (χ2n) is 6.36. The van der Waals surface area contributed by atoms with Crippen molar-refractivity contribution in [1.29, 1.82) is 0 Å². The van der Waals surface area contributed by atoms with Crippen molar-refractivity contribution in [2.45, 2.75) is 44.6 Å². The quantitative estimate of drug-likeness (QED) is 0.741. The second kappa shape index (κ2) is 8.78. The number of sulfonamides is 1. The van der Waals surface area contributed by atoms with Crippen LogP contribution in [-0.4, -0.2) is 62.4 Å². The Labute approximate surface area is 150 Å². The molecular weight excluding hydrogens is 340 g/mol. The number of ether oxygens (including phenoxy) is 1. The highest BCUT2D eigenvalue weighted by molar-refractivity contribution is 7.89. The average molecular weight is 368 g/mol. The molecule has 0 saturated carbocycles. The molecule has 1 saturated heterocycles. The number of morpholine rings is 1. The lowest BCUT2D eigenvalue weighted by molar-refractivity contribution is 0.0102. The average Bonchev–Trinajstić information content (AvgIpc) is 2.61. The van der Waals surface area contributed by atoms with Crippen LogP contribution in [0.5, 0.6) is 0 Å². The first-order chi connectivity index (χ1) is 11.9. The SMILES string of the molecule is CCCN(CCC)C(=O)c1ccc(S(=O)(=O)N2CCOC(C)C2)cc1. The standard InChI is InChI=1S/C18H28N2O4S/c1-4-10-19(11-5-2)18(21)16-6-8-17(9-7-16)25(22,23)20-12-13-24-15(3)14-20/h6-9,15H,4-5,10-14H2,1-3H3. The van der Waals surface area contributed by atoms with E-state index in [1.165, 1.54) is 16.4 Å². The number of carbonyl (C=O) groups excluding carboxylic acids is 1. The largest absolute Gasteiger partial charge is 0.376 e. The Balaban J connectivity index is 2.16. The third-order valence-electron chi connectivity index (χ3n) is 4.22. The van der Waals surface area contributed by atoms with Gasteiger partial charge in [0.2, 0.25) is 10.0 Å². The number of nitrogens with zero attached hydrogens (tertiary/aromatic N) is 2. The van der Waals surface area contributed by atoms with Gasteiger partial charge in [0, 0.05) is 31.7 Å². The van der Waals surface area contributed by atoms with Crippen LogP contribution in [0.15, 0.2) is 29.2 Å². The van der Waals surface area contributed by atoms with Crippen LogP contribution in [0.3, 0.4) is 0 Å². The Kier molecular flexibility index (Phi) is 6.98. The van der Waals surface area contributed by atoms with Crippen LogP contribution < -0.4 is 0 Å². The monoisotopic (exact) mass is 368 g/mol. The smallest absolute Gasteiger partial charge is 0.253 e. The van der Waals surface area contributed by atoms with Crippen molar-refractivity contribution in [1.82, 2.24) is 9.21 Å². The van der Waals surface area contributed by atoms with E-state index >= 15 is 0 Å². The van der Waals surface area contributed by atoms with Crippen molar-refractivity contribution < 1.29 is 17.9 Å². The fourth-order valence-corrected chi connectivity index (χ4v) is 4.46. The van der Waals surface area contributed by atoms with E-state index in [0.717, 1.165) is 12.8 Å². The number of rotatable bonds is 7. The minimum atomic E-state index is -3.55. The lowest BCUT2D eigenvalue weighted by Crippen LogP contribution is -2.44. The van der Waals surface area contributed by atoms with Gasteiger partial charge < -0.3 is 9.64 Å². The molecule has 1 fully saturated rings. The van der Waals surface area contributed by atoms with Crippen molar-refractivity contribution in [2.24, 2.45) is 0 Å². The fraction of sp³-hybridized carbons (Fsp3) is 0.611. The molecule has 0 radical (unpaired) electrons. The first-order valence-corrected chi connectivity index (χ1v) is 10.3. The summed E-state index contributed by atoms with van der Waals surface area (Å²) < 4.78 is 32.3. The Morgan fingerprint density at radius 2 is 1.80 bits per heavy atom. The van der Waals surface area contributed by atoms with Crippen LogP contribution in [-0.2, 0) is 14.8 Å². The summed E-state index contributed by atoms with van der Waals surface area (Å²) in [5.41, 5.74) is 0.524. The minimum Gasteiger partial charge on any atom is -0.376 e. The Morgan fingerprint density at radius 3 is 2.32 bits per heavy atom. The number of carbonyl (C=O) groups is 1. The van der Waals surface area contributed by atoms with Crippen molar-refractivity contribution in [3.63, 3.8) is 0 Å². The van der Waals surface area contributed by atoms with Gasteiger partial charge in [-0.25, -0.2) is 8.42 Å². The summed E-state index contributed by atoms with van der Waals surface area (Å²) >= 11 is 0. The van der Waals surface area contributed by atoms with Gasteiger partial charge in [-0.1, -0.05) is 13.8 Å². The lowest BCUT2D eigenvalue weighted by Gasteiger charge is -2.30. The van der Waals surface area contributed by atoms with E-state index in [1.54, 1.807) is 12.1 Å². The summed E-state index contributed by atoms with van der Waals surface area (Å²) in [4.78, 5) is 14.6. The predicted octanol–water partition coefficient (Wildman–Crippen LogP) is 2.36. The molecule has 1 amide bonds. The molecule has 2 rings (SSSR count). The molecule has 140 valence electrons. The van der Waals surface area contributed by atoms with Crippen molar-refractivity contribution in [3.05, 3.63) is 29.8 Å². The third kappa shape index (κ3) is 4.80. The van der Waals surface area contributed by atoms with Gasteiger partial charge in [-0.3, -0.25) is 4.79 Å². The van der Waals surface area contributed by atoms with Crippen LogP contribution in [0.4, 0.5) is 0 Å². The number of hydrogen-bond acceptors (Lipinski definition) is 4. The highest BCUT2D eigenvalue weighted by Crippen LogP contribution is 2.20. The third-order valence-corrected chi connectivity index (χ3v) is 6.10. The van der Waals surface area contributed by atoms with E-state index in [4.69, 9.17) is 4.74 Å². The van der Waals surface area contributed by atoms with Crippen molar-refractivity contribution >= 4 is 15.9 Å². The molecule has 1 heterocycles. The molecule has 0 bridgehead atoms. The Hall–Kier alpha value is -1.44. The zero-order valence-electron chi connectivity index (χ0n) is 15.3. The van der Waals surface area contributed by atoms with Crippen LogP contribution >= 0.6 is 0 Å². The first kappa shape index (κ1) is 19.9. The van der Waals surface area contributed by atoms with Gasteiger partial charge in [0.05, 0.1) is 17.6 Å². The van der Waals surface area contributed by atoms with E-state index in [2.05, 4.69) is 0 Å². The molecule has 0 N–H and O–H groups in total. The van der Waals surface area contributed by atoms with E-state index in [-0.39, 0.29) is 16.9 Å². The number of hydrogen-bond donors (Lipinski definition) is 0. The highest BCUT2D eigenvalue weighted by atomic mass is 32.2. The Morgan fingerprint density at radius 1 is 1.20 bits per heavy atom. The Bertz CT molecular complexity index is 667. The van der Waals surface area contributed by atoms with Gasteiger partial charge >= 0.3 is 0 Å². The van der Waals surface area contributed by atoms with Gasteiger partial charge in [0.15, 0.2) is 0 Å². The van der Waals surface area contributed by atoms with E-state index in [9.17, 15) is 13.2 Å². The molecule has 0 aromatic heterocycles. The maximum Gasteiger partial charge on any atom is 0.253 e. The van der Waals surface area contributed by atoms with Gasteiger partial charge in [0.25, 0.3) is 5.91 Å². The number of amides is 1. The molecule has 1 aromatic rings. The fourth-order valence-electron chi connectivity index (χ4n) is 2.96. The molecule has 1 unspecified atom stereocenters. The summed E-state index contributed by atoms with van der Waals surface area (Å²) in [5, 5.41) is 0. The van der Waals surface area contributed by atoms with Crippen LogP contribution in [0, 0.1) is 0 Å². The molecule has 0 spiro atoms. The molecule has 0 aliphatic carbocycles. The van der Waals surface area contributed by atoms with Crippen molar-refractivity contribution in [2.75, 3.05) is 32.8 Å². The highest BCUT2D eigenvalue weighted by Gasteiger charge is 2.29. The van der Waals surface area contributed by atoms with Gasteiger partial charge in [-0.05, 0) is 44.0 Å². The predicted molar refractivity (Wildman–Crippen MR) is 97.1 cm³/mol.